The number of carbonyl (C=O) groups is 1. The third-order valence-corrected chi connectivity index (χ3v) is 4.45. The normalized spacial score (nSPS) is 31.1. The predicted molar refractivity (Wildman–Crippen MR) is 77.9 cm³/mol. The molecule has 1 N–H and O–H groups in total. The standard InChI is InChI=1S/C15H28N2O3/c1-14(2)10-12(15(3,4)20-14)17-7-5-6-16(8-9-17)11-13(18)19/h12H,5-11H2,1-4H3,(H,18,19). The number of ether oxygens (including phenoxy) is 1. The molecule has 0 saturated carbocycles. The Labute approximate surface area is 121 Å². The van der Waals surface area contributed by atoms with Crippen molar-refractivity contribution in [2.75, 3.05) is 32.7 Å². The zero-order chi connectivity index (χ0) is 15.0. The number of hydrogen-bond donors (Lipinski definition) is 1. The molecule has 5 nitrogen and oxygen atoms in total. The Morgan fingerprint density at radius 2 is 1.90 bits per heavy atom. The average Bonchev–Trinajstić information content (AvgIpc) is 2.45. The summed E-state index contributed by atoms with van der Waals surface area (Å²) in [5.74, 6) is -0.732. The molecule has 2 saturated heterocycles. The minimum Gasteiger partial charge on any atom is -0.480 e. The predicted octanol–water partition coefficient (Wildman–Crippen LogP) is 1.42. The maximum Gasteiger partial charge on any atom is 0.317 e. The van der Waals surface area contributed by atoms with E-state index in [0.29, 0.717) is 6.04 Å². The fraction of sp³-hybridized carbons (Fsp3) is 0.933. The summed E-state index contributed by atoms with van der Waals surface area (Å²) in [4.78, 5) is 15.4. The molecule has 0 aromatic rings. The molecule has 0 aliphatic carbocycles. The van der Waals surface area contributed by atoms with E-state index < -0.39 is 5.97 Å². The van der Waals surface area contributed by atoms with E-state index in [1.54, 1.807) is 0 Å². The largest absolute Gasteiger partial charge is 0.480 e. The second-order valence-electron chi connectivity index (χ2n) is 7.24. The van der Waals surface area contributed by atoms with Gasteiger partial charge in [-0.25, -0.2) is 0 Å². The number of carboxylic acids is 1. The smallest absolute Gasteiger partial charge is 0.317 e. The number of carboxylic acid groups (broad SMARTS) is 1. The fourth-order valence-corrected chi connectivity index (χ4v) is 3.75. The highest BCUT2D eigenvalue weighted by atomic mass is 16.5. The molecule has 1 unspecified atom stereocenters. The van der Waals surface area contributed by atoms with Crippen LogP contribution in [0.4, 0.5) is 0 Å². The average molecular weight is 284 g/mol. The van der Waals surface area contributed by atoms with Crippen molar-refractivity contribution in [2.45, 2.75) is 57.8 Å². The van der Waals surface area contributed by atoms with Gasteiger partial charge in [0.25, 0.3) is 0 Å². The highest BCUT2D eigenvalue weighted by Gasteiger charge is 2.48. The first kappa shape index (κ1) is 15.7. The first-order valence-electron chi connectivity index (χ1n) is 7.58. The lowest BCUT2D eigenvalue weighted by atomic mass is 9.93. The first-order chi connectivity index (χ1) is 9.20. The van der Waals surface area contributed by atoms with Gasteiger partial charge in [0.2, 0.25) is 0 Å². The van der Waals surface area contributed by atoms with Crippen LogP contribution in [-0.2, 0) is 9.53 Å². The SMILES string of the molecule is CC1(C)CC(N2CCCN(CC(=O)O)CC2)C(C)(C)O1. The van der Waals surface area contributed by atoms with Crippen LogP contribution in [0, 0.1) is 0 Å². The van der Waals surface area contributed by atoms with E-state index >= 15 is 0 Å². The van der Waals surface area contributed by atoms with E-state index in [-0.39, 0.29) is 17.7 Å². The van der Waals surface area contributed by atoms with Gasteiger partial charge in [-0.3, -0.25) is 14.6 Å². The van der Waals surface area contributed by atoms with Crippen molar-refractivity contribution in [1.82, 2.24) is 9.80 Å². The first-order valence-corrected chi connectivity index (χ1v) is 7.58. The summed E-state index contributed by atoms with van der Waals surface area (Å²) < 4.78 is 6.18. The van der Waals surface area contributed by atoms with Gasteiger partial charge in [-0.2, -0.15) is 0 Å². The van der Waals surface area contributed by atoms with Crippen molar-refractivity contribution in [3.05, 3.63) is 0 Å². The quantitative estimate of drug-likeness (QED) is 0.849. The third-order valence-electron chi connectivity index (χ3n) is 4.45. The second kappa shape index (κ2) is 5.62. The number of aliphatic carboxylic acids is 1. The van der Waals surface area contributed by atoms with E-state index in [4.69, 9.17) is 9.84 Å². The molecule has 2 rings (SSSR count). The van der Waals surface area contributed by atoms with Crippen molar-refractivity contribution in [3.8, 4) is 0 Å². The van der Waals surface area contributed by atoms with E-state index in [1.807, 2.05) is 4.90 Å². The van der Waals surface area contributed by atoms with Crippen LogP contribution in [0.3, 0.4) is 0 Å². The molecule has 2 aliphatic heterocycles. The van der Waals surface area contributed by atoms with Crippen LogP contribution in [0.2, 0.25) is 0 Å². The molecule has 2 fully saturated rings. The Kier molecular flexibility index (Phi) is 4.42. The minimum atomic E-state index is -0.732. The summed E-state index contributed by atoms with van der Waals surface area (Å²) in [6, 6.07) is 0.419. The van der Waals surface area contributed by atoms with Crippen molar-refractivity contribution < 1.29 is 14.6 Å². The lowest BCUT2D eigenvalue weighted by Gasteiger charge is -2.35. The fourth-order valence-electron chi connectivity index (χ4n) is 3.75. The van der Waals surface area contributed by atoms with Crippen molar-refractivity contribution in [1.29, 1.82) is 0 Å². The molecule has 116 valence electrons. The lowest BCUT2D eigenvalue weighted by molar-refractivity contribution is -0.138. The maximum absolute atomic E-state index is 10.8. The topological polar surface area (TPSA) is 53.0 Å². The summed E-state index contributed by atoms with van der Waals surface area (Å²) >= 11 is 0. The third kappa shape index (κ3) is 3.71. The number of rotatable bonds is 3. The van der Waals surface area contributed by atoms with Gasteiger partial charge < -0.3 is 9.84 Å². The van der Waals surface area contributed by atoms with Gasteiger partial charge in [-0.1, -0.05) is 0 Å². The molecule has 0 amide bonds. The van der Waals surface area contributed by atoms with Gasteiger partial charge in [0.1, 0.15) is 0 Å². The number of nitrogens with zero attached hydrogens (tertiary/aromatic N) is 2. The number of hydrogen-bond acceptors (Lipinski definition) is 4. The highest BCUT2D eigenvalue weighted by molar-refractivity contribution is 5.69. The van der Waals surface area contributed by atoms with Gasteiger partial charge in [-0.15, -0.1) is 0 Å². The molecule has 20 heavy (non-hydrogen) atoms. The monoisotopic (exact) mass is 284 g/mol. The molecule has 1 atom stereocenters. The minimum absolute atomic E-state index is 0.0682. The summed E-state index contributed by atoms with van der Waals surface area (Å²) in [6.07, 6.45) is 2.07. The van der Waals surface area contributed by atoms with Crippen molar-refractivity contribution in [2.24, 2.45) is 0 Å². The molecule has 2 aliphatic rings. The van der Waals surface area contributed by atoms with E-state index in [0.717, 1.165) is 39.0 Å². The van der Waals surface area contributed by atoms with Gasteiger partial charge in [0.05, 0.1) is 17.7 Å². The summed E-state index contributed by atoms with van der Waals surface area (Å²) in [7, 11) is 0. The van der Waals surface area contributed by atoms with Crippen LogP contribution >= 0.6 is 0 Å². The molecule has 0 aromatic heterocycles. The van der Waals surface area contributed by atoms with Gasteiger partial charge >= 0.3 is 5.97 Å². The van der Waals surface area contributed by atoms with Crippen molar-refractivity contribution in [3.63, 3.8) is 0 Å². The second-order valence-corrected chi connectivity index (χ2v) is 7.24. The van der Waals surface area contributed by atoms with Gasteiger partial charge in [0.15, 0.2) is 0 Å². The molecular formula is C15H28N2O3. The summed E-state index contributed by atoms with van der Waals surface area (Å²) in [5.41, 5.74) is -0.202. The van der Waals surface area contributed by atoms with E-state index in [2.05, 4.69) is 32.6 Å². The maximum atomic E-state index is 10.8. The molecule has 0 spiro atoms. The van der Waals surface area contributed by atoms with Crippen molar-refractivity contribution >= 4 is 5.97 Å². The van der Waals surface area contributed by atoms with Gasteiger partial charge in [-0.05, 0) is 47.1 Å². The lowest BCUT2D eigenvalue weighted by Crippen LogP contribution is -2.48. The summed E-state index contributed by atoms with van der Waals surface area (Å²) in [6.45, 7) is 12.5. The summed E-state index contributed by atoms with van der Waals surface area (Å²) in [5, 5.41) is 8.91. The van der Waals surface area contributed by atoms with Crippen LogP contribution < -0.4 is 0 Å². The molecule has 5 heteroatoms. The van der Waals surface area contributed by atoms with Crippen LogP contribution in [0.25, 0.3) is 0 Å². The Morgan fingerprint density at radius 1 is 1.20 bits per heavy atom. The van der Waals surface area contributed by atoms with Crippen LogP contribution in [0.1, 0.15) is 40.5 Å². The Balaban J connectivity index is 1.98. The van der Waals surface area contributed by atoms with E-state index in [1.165, 1.54) is 0 Å². The van der Waals surface area contributed by atoms with Gasteiger partial charge in [0, 0.05) is 25.7 Å². The highest BCUT2D eigenvalue weighted by Crippen LogP contribution is 2.40. The molecule has 0 radical (unpaired) electrons. The molecular weight excluding hydrogens is 256 g/mol. The molecule has 2 heterocycles. The zero-order valence-corrected chi connectivity index (χ0v) is 13.2. The Morgan fingerprint density at radius 3 is 2.45 bits per heavy atom. The van der Waals surface area contributed by atoms with E-state index in [9.17, 15) is 4.79 Å². The molecule has 0 aromatic carbocycles. The molecule has 0 bridgehead atoms. The van der Waals surface area contributed by atoms with Crippen LogP contribution in [0.5, 0.6) is 0 Å². The van der Waals surface area contributed by atoms with Crippen LogP contribution in [-0.4, -0.2) is 70.8 Å². The zero-order valence-electron chi connectivity index (χ0n) is 13.2. The Bertz CT molecular complexity index is 368. The Hall–Kier alpha value is -0.650. The van der Waals surface area contributed by atoms with Crippen LogP contribution in [0.15, 0.2) is 0 Å².